The van der Waals surface area contributed by atoms with Crippen LogP contribution in [0.3, 0.4) is 0 Å². The highest BCUT2D eigenvalue weighted by Crippen LogP contribution is 2.46. The third kappa shape index (κ3) is 3.14. The first-order valence-corrected chi connectivity index (χ1v) is 17.4. The molecule has 0 fully saturated rings. The van der Waals surface area contributed by atoms with E-state index >= 15 is 0 Å². The lowest BCUT2D eigenvalue weighted by atomic mass is 10.1. The van der Waals surface area contributed by atoms with E-state index in [1.807, 2.05) is 68.0 Å². The molecule has 4 N–H and O–H groups in total. The lowest BCUT2D eigenvalue weighted by molar-refractivity contribution is 1.17. The van der Waals surface area contributed by atoms with E-state index < -0.39 is 0 Å². The molecule has 0 aliphatic heterocycles. The fourth-order valence-corrected chi connectivity index (χ4v) is 13.0. The molecule has 0 aliphatic carbocycles. The number of hydrogen-bond acceptors (Lipinski definition) is 10. The fourth-order valence-electron chi connectivity index (χ4n) is 5.87. The lowest BCUT2D eigenvalue weighted by Gasteiger charge is -1.96. The minimum atomic E-state index is 0.856. The molecule has 194 valence electrons. The van der Waals surface area contributed by atoms with Crippen molar-refractivity contribution in [1.82, 2.24) is 0 Å². The van der Waals surface area contributed by atoms with Gasteiger partial charge in [-0.05, 0) is 62.4 Å². The molecule has 0 saturated heterocycles. The van der Waals surface area contributed by atoms with Gasteiger partial charge in [-0.1, -0.05) is 0 Å². The SMILES string of the molecule is Cc1cc2sc(-c3cc4/c(=N\N)c5cc6c(cc5c4s3)/c(=N/N)c3cc(-c4cc5sc(C)cc5s4)sc36)cc2s1. The van der Waals surface area contributed by atoms with Gasteiger partial charge in [0, 0.05) is 89.8 Å². The number of rotatable bonds is 2. The Bertz CT molecular complexity index is 2360. The van der Waals surface area contributed by atoms with Gasteiger partial charge in [-0.2, -0.15) is 10.2 Å². The summed E-state index contributed by atoms with van der Waals surface area (Å²) in [6, 6.07) is 18.2. The molecule has 40 heavy (non-hydrogen) atoms. The Balaban J connectivity index is 1.27. The summed E-state index contributed by atoms with van der Waals surface area (Å²) in [7, 11) is 0. The molecule has 10 heteroatoms. The zero-order chi connectivity index (χ0) is 26.9. The first-order chi connectivity index (χ1) is 19.5. The maximum Gasteiger partial charge on any atom is 0.0993 e. The lowest BCUT2D eigenvalue weighted by Crippen LogP contribution is -2.04. The molecule has 9 rings (SSSR count). The molecule has 9 aromatic rings. The Kier molecular flexibility index (Phi) is 4.84. The largest absolute Gasteiger partial charge is 0.323 e. The Morgan fingerprint density at radius 2 is 0.825 bits per heavy atom. The predicted octanol–water partition coefficient (Wildman–Crippen LogP) is 9.35. The van der Waals surface area contributed by atoms with E-state index in [1.165, 1.54) is 57.5 Å². The second-order valence-corrected chi connectivity index (χ2v) is 16.8. The van der Waals surface area contributed by atoms with Crippen molar-refractivity contribution in [2.45, 2.75) is 13.8 Å². The number of nitrogens with zero attached hydrogens (tertiary/aromatic N) is 2. The van der Waals surface area contributed by atoms with E-state index in [0.29, 0.717) is 0 Å². The van der Waals surface area contributed by atoms with Crippen LogP contribution in [0.2, 0.25) is 0 Å². The predicted molar refractivity (Wildman–Crippen MR) is 181 cm³/mol. The van der Waals surface area contributed by atoms with E-state index in [4.69, 9.17) is 11.7 Å². The number of benzene rings is 1. The average molecular weight is 627 g/mol. The number of thiophene rings is 6. The number of fused-ring (bicyclic) bond motifs is 8. The monoisotopic (exact) mass is 626 g/mol. The summed E-state index contributed by atoms with van der Waals surface area (Å²) in [5.74, 6) is 12.1. The zero-order valence-electron chi connectivity index (χ0n) is 21.1. The Hall–Kier alpha value is -3.12. The van der Waals surface area contributed by atoms with Crippen LogP contribution in [0.1, 0.15) is 9.75 Å². The van der Waals surface area contributed by atoms with Gasteiger partial charge < -0.3 is 11.7 Å². The molecular formula is C30H18N4S6. The number of hydrogen-bond donors (Lipinski definition) is 2. The Morgan fingerprint density at radius 1 is 0.425 bits per heavy atom. The normalized spacial score (nSPS) is 13.8. The van der Waals surface area contributed by atoms with Crippen LogP contribution in [-0.4, -0.2) is 0 Å². The van der Waals surface area contributed by atoms with Crippen LogP contribution in [0.5, 0.6) is 0 Å². The van der Waals surface area contributed by atoms with Crippen molar-refractivity contribution in [2.24, 2.45) is 21.9 Å². The van der Waals surface area contributed by atoms with Gasteiger partial charge in [-0.25, -0.2) is 0 Å². The third-order valence-corrected chi connectivity index (χ3v) is 14.7. The molecule has 3 aromatic carbocycles. The van der Waals surface area contributed by atoms with Crippen LogP contribution in [-0.2, 0) is 0 Å². The van der Waals surface area contributed by atoms with Crippen LogP contribution in [0, 0.1) is 13.8 Å². The van der Waals surface area contributed by atoms with Crippen molar-refractivity contribution in [3.63, 3.8) is 0 Å². The van der Waals surface area contributed by atoms with Gasteiger partial charge in [0.1, 0.15) is 0 Å². The summed E-state index contributed by atoms with van der Waals surface area (Å²) in [6.07, 6.45) is 0. The van der Waals surface area contributed by atoms with Gasteiger partial charge in [-0.15, -0.1) is 68.0 Å². The van der Waals surface area contributed by atoms with E-state index in [-0.39, 0.29) is 0 Å². The minimum Gasteiger partial charge on any atom is -0.323 e. The van der Waals surface area contributed by atoms with E-state index in [0.717, 1.165) is 43.0 Å². The first-order valence-electron chi connectivity index (χ1n) is 12.5. The van der Waals surface area contributed by atoms with E-state index in [2.05, 4.69) is 72.6 Å². The highest BCUT2D eigenvalue weighted by atomic mass is 32.1. The van der Waals surface area contributed by atoms with Gasteiger partial charge in [0.05, 0.1) is 10.7 Å². The van der Waals surface area contributed by atoms with Gasteiger partial charge in [0.25, 0.3) is 0 Å². The second-order valence-electron chi connectivity index (χ2n) is 10.00. The summed E-state index contributed by atoms with van der Waals surface area (Å²) < 4.78 is 7.83. The summed E-state index contributed by atoms with van der Waals surface area (Å²) in [5, 5.41) is 17.0. The van der Waals surface area contributed by atoms with Gasteiger partial charge >= 0.3 is 0 Å². The number of aryl methyl sites for hydroxylation is 2. The maximum absolute atomic E-state index is 6.04. The van der Waals surface area contributed by atoms with Crippen LogP contribution in [0.4, 0.5) is 0 Å². The van der Waals surface area contributed by atoms with Crippen molar-refractivity contribution < 1.29 is 0 Å². The van der Waals surface area contributed by atoms with Crippen LogP contribution in [0.25, 0.3) is 80.0 Å². The quantitative estimate of drug-likeness (QED) is 0.148. The van der Waals surface area contributed by atoms with Crippen molar-refractivity contribution in [3.05, 3.63) is 69.0 Å². The number of nitrogens with two attached hydrogens (primary N) is 2. The molecule has 0 bridgehead atoms. The van der Waals surface area contributed by atoms with Crippen LogP contribution >= 0.6 is 68.0 Å². The molecule has 0 atom stereocenters. The maximum atomic E-state index is 6.04. The summed E-state index contributed by atoms with van der Waals surface area (Å²) >= 11 is 11.0. The molecule has 0 unspecified atom stereocenters. The van der Waals surface area contributed by atoms with Gasteiger partial charge in [-0.3, -0.25) is 0 Å². The van der Waals surface area contributed by atoms with Crippen LogP contribution in [0.15, 0.2) is 58.7 Å². The second kappa shape index (κ2) is 8.22. The molecule has 6 aromatic heterocycles. The molecule has 0 aliphatic rings. The first kappa shape index (κ1) is 23.6. The van der Waals surface area contributed by atoms with Crippen molar-refractivity contribution in [3.8, 4) is 19.5 Å². The minimum absolute atomic E-state index is 0.856. The average Bonchev–Trinajstić information content (AvgIpc) is 3.73. The Morgan fingerprint density at radius 3 is 1.23 bits per heavy atom. The molecule has 0 saturated carbocycles. The van der Waals surface area contributed by atoms with Crippen molar-refractivity contribution >= 4 is 129 Å². The molecular weight excluding hydrogens is 609 g/mol. The van der Waals surface area contributed by atoms with Crippen molar-refractivity contribution in [1.29, 1.82) is 0 Å². The fraction of sp³-hybridized carbons (Fsp3) is 0.0667. The standard InChI is InChI=1S/C30H18N4S6/c1-11-3-19-23(35-11)9-25(37-19)21-7-17-27(33-31)13-6-16-14(5-15(13)29(17)39-21)28(34-32)18-8-22(40-30(16)18)26-10-24-20(38-26)4-12(2)36-24/h3-10H,31-32H2,1-2H3/b33-27-,34-28-. The molecule has 0 amide bonds. The summed E-state index contributed by atoms with van der Waals surface area (Å²) in [4.78, 5) is 7.80. The molecule has 0 spiro atoms. The van der Waals surface area contributed by atoms with Gasteiger partial charge in [0.15, 0.2) is 0 Å². The smallest absolute Gasteiger partial charge is 0.0993 e. The van der Waals surface area contributed by atoms with E-state index in [9.17, 15) is 0 Å². The molecule has 4 nitrogen and oxygen atoms in total. The van der Waals surface area contributed by atoms with Crippen LogP contribution < -0.4 is 22.4 Å². The Labute approximate surface area is 251 Å². The highest BCUT2D eigenvalue weighted by Gasteiger charge is 2.20. The topological polar surface area (TPSA) is 76.8 Å². The van der Waals surface area contributed by atoms with Gasteiger partial charge in [0.2, 0.25) is 0 Å². The molecule has 6 heterocycles. The summed E-state index contributed by atoms with van der Waals surface area (Å²) in [6.45, 7) is 4.33. The summed E-state index contributed by atoms with van der Waals surface area (Å²) in [5.41, 5.74) is 0. The zero-order valence-corrected chi connectivity index (χ0v) is 26.0. The van der Waals surface area contributed by atoms with Crippen molar-refractivity contribution in [2.75, 3.05) is 0 Å². The highest BCUT2D eigenvalue weighted by molar-refractivity contribution is 7.33. The van der Waals surface area contributed by atoms with E-state index in [1.54, 1.807) is 0 Å². The third-order valence-electron chi connectivity index (χ3n) is 7.54. The molecule has 0 radical (unpaired) electrons.